The molecule has 0 spiro atoms. The van der Waals surface area contributed by atoms with Gasteiger partial charge >= 0.3 is 5.97 Å². The van der Waals surface area contributed by atoms with Crippen LogP contribution in [-0.4, -0.2) is 33.2 Å². The summed E-state index contributed by atoms with van der Waals surface area (Å²) in [5.74, 6) is -0.750. The molecule has 1 aliphatic heterocycles. The number of amides is 2. The van der Waals surface area contributed by atoms with Crippen molar-refractivity contribution in [3.63, 3.8) is 0 Å². The summed E-state index contributed by atoms with van der Waals surface area (Å²) < 4.78 is 6.70. The number of hydrogen-bond acceptors (Lipinski definition) is 5. The van der Waals surface area contributed by atoms with Crippen LogP contribution in [-0.2, 0) is 11.4 Å². The fourth-order valence-corrected chi connectivity index (χ4v) is 4.07. The number of carbonyl (C=O) groups is 3. The molecular weight excluding hydrogens is 458 g/mol. The van der Waals surface area contributed by atoms with Gasteiger partial charge in [-0.15, -0.1) is 0 Å². The third-order valence-electron chi connectivity index (χ3n) is 4.19. The minimum atomic E-state index is -0.983. The molecule has 2 amide bonds. The first-order valence-electron chi connectivity index (χ1n) is 8.78. The van der Waals surface area contributed by atoms with Crippen molar-refractivity contribution in [1.29, 1.82) is 0 Å². The first kappa shape index (κ1) is 21.1. The molecule has 1 aliphatic rings. The van der Waals surface area contributed by atoms with Crippen molar-refractivity contribution in [3.8, 4) is 5.75 Å². The summed E-state index contributed by atoms with van der Waals surface area (Å²) in [7, 11) is 0. The summed E-state index contributed by atoms with van der Waals surface area (Å²) in [5.41, 5.74) is 1.68. The predicted molar refractivity (Wildman–Crippen MR) is 115 cm³/mol. The molecule has 1 heterocycles. The Bertz CT molecular complexity index is 1000. The van der Waals surface area contributed by atoms with Crippen molar-refractivity contribution >= 4 is 50.9 Å². The van der Waals surface area contributed by atoms with Crippen molar-refractivity contribution in [2.24, 2.45) is 0 Å². The largest absolute Gasteiger partial charge is 0.488 e. The zero-order valence-corrected chi connectivity index (χ0v) is 18.1. The van der Waals surface area contributed by atoms with Crippen LogP contribution in [0, 0.1) is 0 Å². The van der Waals surface area contributed by atoms with Gasteiger partial charge in [-0.05, 0) is 67.6 Å². The van der Waals surface area contributed by atoms with Crippen molar-refractivity contribution in [3.05, 3.63) is 68.5 Å². The number of imide groups is 1. The molecular formula is C21H18BrNO5S. The smallest absolute Gasteiger partial charge is 0.335 e. The number of ether oxygens (including phenoxy) is 1. The second-order valence-electron chi connectivity index (χ2n) is 6.62. The standard InChI is InChI=1S/C21H18BrNO5S/c1-12(2)23-19(24)18(29-21(23)27)10-15-9-16(22)7-8-17(15)28-11-13-3-5-14(6-4-13)20(25)26/h3-10,12H,11H2,1-2H3,(H,25,26). The number of hydrogen-bond donors (Lipinski definition) is 1. The summed E-state index contributed by atoms with van der Waals surface area (Å²) in [5, 5.41) is 8.69. The van der Waals surface area contributed by atoms with Crippen LogP contribution < -0.4 is 4.74 Å². The van der Waals surface area contributed by atoms with Crippen molar-refractivity contribution < 1.29 is 24.2 Å². The lowest BCUT2D eigenvalue weighted by Crippen LogP contribution is -2.34. The first-order valence-corrected chi connectivity index (χ1v) is 10.4. The lowest BCUT2D eigenvalue weighted by Gasteiger charge is -2.16. The molecule has 0 unspecified atom stereocenters. The van der Waals surface area contributed by atoms with Gasteiger partial charge in [0, 0.05) is 16.1 Å². The number of rotatable bonds is 6. The first-order chi connectivity index (χ1) is 13.8. The third kappa shape index (κ3) is 4.89. The zero-order valence-electron chi connectivity index (χ0n) is 15.7. The maximum atomic E-state index is 12.5. The van der Waals surface area contributed by atoms with Gasteiger partial charge in [0.05, 0.1) is 10.5 Å². The van der Waals surface area contributed by atoms with Crippen LogP contribution >= 0.6 is 27.7 Å². The van der Waals surface area contributed by atoms with E-state index in [4.69, 9.17) is 9.84 Å². The van der Waals surface area contributed by atoms with Crippen LogP contribution in [0.1, 0.15) is 35.3 Å². The fraction of sp³-hybridized carbons (Fsp3) is 0.190. The van der Waals surface area contributed by atoms with Gasteiger partial charge in [-0.3, -0.25) is 14.5 Å². The van der Waals surface area contributed by atoms with Crippen LogP contribution in [0.2, 0.25) is 0 Å². The minimum absolute atomic E-state index is 0.207. The quantitative estimate of drug-likeness (QED) is 0.580. The van der Waals surface area contributed by atoms with Crippen LogP contribution in [0.3, 0.4) is 0 Å². The van der Waals surface area contributed by atoms with Gasteiger partial charge in [0.2, 0.25) is 0 Å². The van der Waals surface area contributed by atoms with Gasteiger partial charge in [0.25, 0.3) is 11.1 Å². The van der Waals surface area contributed by atoms with E-state index in [9.17, 15) is 14.4 Å². The molecule has 1 saturated heterocycles. The van der Waals surface area contributed by atoms with Crippen LogP contribution in [0.25, 0.3) is 6.08 Å². The van der Waals surface area contributed by atoms with E-state index in [1.54, 1.807) is 38.1 Å². The molecule has 1 N–H and O–H groups in total. The predicted octanol–water partition coefficient (Wildman–Crippen LogP) is 5.17. The second-order valence-corrected chi connectivity index (χ2v) is 8.53. The molecule has 0 aliphatic carbocycles. The Kier molecular flexibility index (Phi) is 6.44. The lowest BCUT2D eigenvalue weighted by atomic mass is 10.1. The summed E-state index contributed by atoms with van der Waals surface area (Å²) in [6, 6.07) is 11.6. The van der Waals surface area contributed by atoms with Crippen molar-refractivity contribution in [1.82, 2.24) is 4.90 Å². The highest BCUT2D eigenvalue weighted by Gasteiger charge is 2.36. The summed E-state index contributed by atoms with van der Waals surface area (Å²) in [6.45, 7) is 3.82. The van der Waals surface area contributed by atoms with E-state index in [1.807, 2.05) is 12.1 Å². The molecule has 2 aromatic carbocycles. The molecule has 0 saturated carbocycles. The van der Waals surface area contributed by atoms with Gasteiger partial charge in [-0.1, -0.05) is 28.1 Å². The molecule has 0 radical (unpaired) electrons. The number of benzene rings is 2. The number of carbonyl (C=O) groups excluding carboxylic acids is 2. The number of halogens is 1. The topological polar surface area (TPSA) is 83.9 Å². The van der Waals surface area contributed by atoms with Gasteiger partial charge in [0.1, 0.15) is 12.4 Å². The Labute approximate surface area is 180 Å². The highest BCUT2D eigenvalue weighted by atomic mass is 79.9. The number of thioether (sulfide) groups is 1. The van der Waals surface area contributed by atoms with E-state index in [1.165, 1.54) is 17.0 Å². The fourth-order valence-electron chi connectivity index (χ4n) is 2.73. The van der Waals surface area contributed by atoms with E-state index in [0.29, 0.717) is 16.2 Å². The average molecular weight is 476 g/mol. The van der Waals surface area contributed by atoms with Crippen molar-refractivity contribution in [2.75, 3.05) is 0 Å². The number of nitrogens with zero attached hydrogens (tertiary/aromatic N) is 1. The van der Waals surface area contributed by atoms with Crippen LogP contribution in [0.5, 0.6) is 5.75 Å². The monoisotopic (exact) mass is 475 g/mol. The average Bonchev–Trinajstić information content (AvgIpc) is 2.94. The Balaban J connectivity index is 1.82. The van der Waals surface area contributed by atoms with E-state index in [0.717, 1.165) is 21.8 Å². The van der Waals surface area contributed by atoms with Gasteiger partial charge in [0.15, 0.2) is 0 Å². The minimum Gasteiger partial charge on any atom is -0.488 e. The SMILES string of the molecule is CC(C)N1C(=O)SC(=Cc2cc(Br)ccc2OCc2ccc(C(=O)O)cc2)C1=O. The maximum absolute atomic E-state index is 12.5. The highest BCUT2D eigenvalue weighted by Crippen LogP contribution is 2.36. The van der Waals surface area contributed by atoms with Crippen molar-refractivity contribution in [2.45, 2.75) is 26.5 Å². The van der Waals surface area contributed by atoms with E-state index < -0.39 is 5.97 Å². The molecule has 8 heteroatoms. The molecule has 0 aromatic heterocycles. The summed E-state index contributed by atoms with van der Waals surface area (Å²) in [4.78, 5) is 37.2. The molecule has 1 fully saturated rings. The molecule has 150 valence electrons. The highest BCUT2D eigenvalue weighted by molar-refractivity contribution is 9.10. The normalized spacial score (nSPS) is 15.4. The Morgan fingerprint density at radius 1 is 1.21 bits per heavy atom. The Morgan fingerprint density at radius 3 is 2.48 bits per heavy atom. The molecule has 0 atom stereocenters. The summed E-state index contributed by atoms with van der Waals surface area (Å²) >= 11 is 4.33. The second kappa shape index (κ2) is 8.84. The molecule has 6 nitrogen and oxygen atoms in total. The third-order valence-corrected chi connectivity index (χ3v) is 5.57. The van der Waals surface area contributed by atoms with E-state index in [-0.39, 0.29) is 29.4 Å². The van der Waals surface area contributed by atoms with Crippen LogP contribution in [0.15, 0.2) is 51.8 Å². The molecule has 0 bridgehead atoms. The van der Waals surface area contributed by atoms with Gasteiger partial charge in [-0.25, -0.2) is 4.79 Å². The molecule has 2 aromatic rings. The van der Waals surface area contributed by atoms with Gasteiger partial charge < -0.3 is 9.84 Å². The van der Waals surface area contributed by atoms with E-state index in [2.05, 4.69) is 15.9 Å². The van der Waals surface area contributed by atoms with E-state index >= 15 is 0 Å². The Hall–Kier alpha value is -2.58. The lowest BCUT2D eigenvalue weighted by molar-refractivity contribution is -0.123. The Morgan fingerprint density at radius 2 is 1.90 bits per heavy atom. The molecule has 3 rings (SSSR count). The number of carboxylic acids is 1. The number of aromatic carboxylic acids is 1. The van der Waals surface area contributed by atoms with Crippen LogP contribution in [0.4, 0.5) is 4.79 Å². The summed E-state index contributed by atoms with van der Waals surface area (Å²) in [6.07, 6.45) is 1.65. The zero-order chi connectivity index (χ0) is 21.1. The maximum Gasteiger partial charge on any atom is 0.335 e. The number of carboxylic acid groups (broad SMARTS) is 1. The molecule has 29 heavy (non-hydrogen) atoms. The van der Waals surface area contributed by atoms with Gasteiger partial charge in [-0.2, -0.15) is 0 Å².